The molecule has 0 N–H and O–H groups in total. The molecule has 1 aliphatic rings. The third-order valence-electron chi connectivity index (χ3n) is 6.71. The average molecular weight is 544 g/mol. The molecule has 0 atom stereocenters. The minimum absolute atomic E-state index is 0.0364. The maximum atomic E-state index is 14.0. The van der Waals surface area contributed by atoms with Gasteiger partial charge >= 0.3 is 6.18 Å². The number of hydrogen-bond acceptors (Lipinski definition) is 5. The smallest absolute Gasteiger partial charge is 0.433 e. The van der Waals surface area contributed by atoms with Crippen LogP contribution in [-0.2, 0) is 12.7 Å². The summed E-state index contributed by atoms with van der Waals surface area (Å²) >= 11 is 6.47. The number of nitrogens with zero attached hydrogens (tertiary/aromatic N) is 5. The fourth-order valence-electron chi connectivity index (χ4n) is 4.55. The van der Waals surface area contributed by atoms with Crippen LogP contribution in [0.2, 0.25) is 5.02 Å². The largest absolute Gasteiger partial charge is 0.497 e. The first kappa shape index (κ1) is 26.0. The number of alkyl halides is 3. The average Bonchev–Trinajstić information content (AvgIpc) is 3.25. The Morgan fingerprint density at radius 2 is 1.79 bits per heavy atom. The van der Waals surface area contributed by atoms with Gasteiger partial charge in [0.25, 0.3) is 5.91 Å². The first-order chi connectivity index (χ1) is 18.2. The maximum Gasteiger partial charge on any atom is 0.433 e. The summed E-state index contributed by atoms with van der Waals surface area (Å²) in [5.41, 5.74) is 1.30. The lowest BCUT2D eigenvalue weighted by Gasteiger charge is -2.34. The molecule has 5 rings (SSSR count). The van der Waals surface area contributed by atoms with Gasteiger partial charge in [-0.25, -0.2) is 9.50 Å². The number of halogens is 4. The molecule has 2 aromatic carbocycles. The number of aryl methyl sites for hydroxylation is 1. The summed E-state index contributed by atoms with van der Waals surface area (Å²) in [5.74, 6) is -0.0538. The highest BCUT2D eigenvalue weighted by Crippen LogP contribution is 2.35. The van der Waals surface area contributed by atoms with Crippen LogP contribution in [0.4, 0.5) is 13.2 Å². The number of methoxy groups -OCH3 is 1. The Kier molecular flexibility index (Phi) is 7.02. The molecule has 0 spiro atoms. The van der Waals surface area contributed by atoms with Crippen molar-refractivity contribution in [3.63, 3.8) is 0 Å². The molecule has 2 aromatic heterocycles. The summed E-state index contributed by atoms with van der Waals surface area (Å²) in [6.45, 7) is 4.88. The van der Waals surface area contributed by atoms with Crippen LogP contribution >= 0.6 is 11.6 Å². The van der Waals surface area contributed by atoms with E-state index >= 15 is 0 Å². The highest BCUT2D eigenvalue weighted by atomic mass is 35.5. The Morgan fingerprint density at radius 1 is 1.05 bits per heavy atom. The number of carbonyl (C=O) groups excluding carboxylic acids is 1. The molecule has 0 saturated carbocycles. The highest BCUT2D eigenvalue weighted by molar-refractivity contribution is 6.36. The van der Waals surface area contributed by atoms with E-state index in [2.05, 4.69) is 34.0 Å². The van der Waals surface area contributed by atoms with E-state index in [0.717, 1.165) is 12.6 Å². The van der Waals surface area contributed by atoms with Crippen molar-refractivity contribution in [2.24, 2.45) is 0 Å². The summed E-state index contributed by atoms with van der Waals surface area (Å²) in [7, 11) is 1.46. The number of ether oxygens (including phenoxy) is 1. The number of rotatable bonds is 5. The van der Waals surface area contributed by atoms with Gasteiger partial charge in [-0.05, 0) is 36.2 Å². The summed E-state index contributed by atoms with van der Waals surface area (Å²) in [6.07, 6.45) is -4.76. The fraction of sp³-hybridized carbons (Fsp3) is 0.296. The monoisotopic (exact) mass is 543 g/mol. The second kappa shape index (κ2) is 10.3. The third-order valence-corrected chi connectivity index (χ3v) is 7.05. The van der Waals surface area contributed by atoms with Gasteiger partial charge in [-0.3, -0.25) is 9.69 Å². The molecular weight excluding hydrogens is 519 g/mol. The maximum absolute atomic E-state index is 14.0. The molecule has 0 unspecified atom stereocenters. The summed E-state index contributed by atoms with van der Waals surface area (Å²) in [4.78, 5) is 21.5. The predicted molar refractivity (Wildman–Crippen MR) is 137 cm³/mol. The lowest BCUT2D eigenvalue weighted by molar-refractivity contribution is -0.142. The van der Waals surface area contributed by atoms with Crippen LogP contribution < -0.4 is 4.74 Å². The van der Waals surface area contributed by atoms with Crippen molar-refractivity contribution in [3.05, 3.63) is 82.1 Å². The molecule has 1 amide bonds. The number of amides is 1. The Morgan fingerprint density at radius 3 is 2.47 bits per heavy atom. The molecule has 1 saturated heterocycles. The second-order valence-corrected chi connectivity index (χ2v) is 9.53. The minimum atomic E-state index is -4.76. The van der Waals surface area contributed by atoms with Crippen LogP contribution in [-0.4, -0.2) is 63.6 Å². The van der Waals surface area contributed by atoms with Gasteiger partial charge in [-0.2, -0.15) is 18.3 Å². The first-order valence-corrected chi connectivity index (χ1v) is 12.4. The Labute approximate surface area is 222 Å². The minimum Gasteiger partial charge on any atom is -0.497 e. The summed E-state index contributed by atoms with van der Waals surface area (Å²) in [6, 6.07) is 15.5. The molecule has 7 nitrogen and oxygen atoms in total. The van der Waals surface area contributed by atoms with Crippen LogP contribution in [0, 0.1) is 6.92 Å². The predicted octanol–water partition coefficient (Wildman–Crippen LogP) is 5.34. The highest BCUT2D eigenvalue weighted by Gasteiger charge is 2.37. The van der Waals surface area contributed by atoms with Crippen LogP contribution in [0.15, 0.2) is 54.6 Å². The van der Waals surface area contributed by atoms with Gasteiger partial charge in [0.2, 0.25) is 0 Å². The molecule has 38 heavy (non-hydrogen) atoms. The SMILES string of the molecule is COc1cccc(-c2cc(C(F)(F)F)n3nc(C(=O)N4CCN(Cc5ccccc5C)CC4)c(Cl)c3n2)c1. The molecular formula is C27H25ClF3N5O2. The molecule has 1 aliphatic heterocycles. The van der Waals surface area contributed by atoms with Crippen molar-refractivity contribution in [2.45, 2.75) is 19.6 Å². The second-order valence-electron chi connectivity index (χ2n) is 9.15. The van der Waals surface area contributed by atoms with Crippen LogP contribution in [0.5, 0.6) is 5.75 Å². The molecule has 0 aliphatic carbocycles. The Hall–Kier alpha value is -3.63. The van der Waals surface area contributed by atoms with Crippen LogP contribution in [0.1, 0.15) is 27.3 Å². The van der Waals surface area contributed by atoms with Crippen LogP contribution in [0.25, 0.3) is 16.9 Å². The van der Waals surface area contributed by atoms with Gasteiger partial charge in [-0.1, -0.05) is 48.0 Å². The van der Waals surface area contributed by atoms with E-state index < -0.39 is 17.8 Å². The van der Waals surface area contributed by atoms with E-state index in [1.807, 2.05) is 12.1 Å². The zero-order valence-electron chi connectivity index (χ0n) is 20.8. The number of hydrogen-bond donors (Lipinski definition) is 0. The Balaban J connectivity index is 1.43. The zero-order valence-corrected chi connectivity index (χ0v) is 21.6. The summed E-state index contributed by atoms with van der Waals surface area (Å²) in [5, 5.41) is 3.78. The number of benzene rings is 2. The standard InChI is InChI=1S/C27H25ClF3N5O2/c1-17-6-3-4-7-19(17)16-34-10-12-35(13-11-34)26(37)24-23(28)25-32-21(18-8-5-9-20(14-18)38-2)15-22(27(29,30)31)36(25)33-24/h3-9,14-15H,10-13,16H2,1-2H3. The normalized spacial score (nSPS) is 14.7. The van der Waals surface area contributed by atoms with E-state index in [1.165, 1.54) is 18.2 Å². The van der Waals surface area contributed by atoms with Crippen molar-refractivity contribution in [1.29, 1.82) is 0 Å². The Bertz CT molecular complexity index is 1500. The van der Waals surface area contributed by atoms with E-state index in [1.54, 1.807) is 29.2 Å². The molecule has 3 heterocycles. The molecule has 198 valence electrons. The fourth-order valence-corrected chi connectivity index (χ4v) is 4.79. The number of aromatic nitrogens is 3. The molecule has 11 heteroatoms. The number of carbonyl (C=O) groups is 1. The quantitative estimate of drug-likeness (QED) is 0.340. The van der Waals surface area contributed by atoms with Gasteiger partial charge < -0.3 is 9.64 Å². The number of piperazine rings is 1. The van der Waals surface area contributed by atoms with E-state index in [4.69, 9.17) is 16.3 Å². The van der Waals surface area contributed by atoms with Crippen molar-refractivity contribution in [3.8, 4) is 17.0 Å². The molecule has 0 bridgehead atoms. The van der Waals surface area contributed by atoms with Gasteiger partial charge in [-0.15, -0.1) is 0 Å². The lowest BCUT2D eigenvalue weighted by Crippen LogP contribution is -2.48. The van der Waals surface area contributed by atoms with Crippen molar-refractivity contribution < 1.29 is 22.7 Å². The number of fused-ring (bicyclic) bond motifs is 1. The van der Waals surface area contributed by atoms with Gasteiger partial charge in [0.15, 0.2) is 17.0 Å². The molecule has 0 radical (unpaired) electrons. The van der Waals surface area contributed by atoms with Crippen molar-refractivity contribution >= 4 is 23.2 Å². The molecule has 4 aromatic rings. The van der Waals surface area contributed by atoms with E-state index in [-0.39, 0.29) is 22.1 Å². The third kappa shape index (κ3) is 5.06. The van der Waals surface area contributed by atoms with Crippen molar-refractivity contribution in [1.82, 2.24) is 24.4 Å². The van der Waals surface area contributed by atoms with Gasteiger partial charge in [0, 0.05) is 38.3 Å². The summed E-state index contributed by atoms with van der Waals surface area (Å²) < 4.78 is 47.9. The van der Waals surface area contributed by atoms with Gasteiger partial charge in [0.05, 0.1) is 12.8 Å². The first-order valence-electron chi connectivity index (χ1n) is 12.0. The zero-order chi connectivity index (χ0) is 27.0. The van der Waals surface area contributed by atoms with Crippen LogP contribution in [0.3, 0.4) is 0 Å². The topological polar surface area (TPSA) is 63.0 Å². The molecule has 1 fully saturated rings. The van der Waals surface area contributed by atoms with Gasteiger partial charge in [0.1, 0.15) is 10.8 Å². The van der Waals surface area contributed by atoms with E-state index in [0.29, 0.717) is 42.0 Å². The van der Waals surface area contributed by atoms with Crippen molar-refractivity contribution in [2.75, 3.05) is 33.3 Å². The van der Waals surface area contributed by atoms with E-state index in [9.17, 15) is 18.0 Å². The lowest BCUT2D eigenvalue weighted by atomic mass is 10.1.